The first-order valence-corrected chi connectivity index (χ1v) is 11.2. The van der Waals surface area contributed by atoms with Crippen LogP contribution >= 0.6 is 0 Å². The number of imidazole rings is 1. The molecule has 5 rings (SSSR count). The number of carbonyl (C=O) groups excluding carboxylic acids is 2. The molecule has 0 aliphatic carbocycles. The Bertz CT molecular complexity index is 1180. The van der Waals surface area contributed by atoms with Crippen molar-refractivity contribution >= 4 is 11.8 Å². The van der Waals surface area contributed by atoms with Gasteiger partial charge in [-0.25, -0.2) is 4.98 Å². The molecule has 0 spiro atoms. The molecule has 3 heterocycles. The Labute approximate surface area is 188 Å². The van der Waals surface area contributed by atoms with Gasteiger partial charge in [0.2, 0.25) is 0 Å². The highest BCUT2D eigenvalue weighted by Crippen LogP contribution is 2.36. The van der Waals surface area contributed by atoms with Gasteiger partial charge in [-0.1, -0.05) is 48.0 Å². The van der Waals surface area contributed by atoms with Crippen LogP contribution in [-0.4, -0.2) is 57.3 Å². The first-order valence-electron chi connectivity index (χ1n) is 11.2. The number of hydrogen-bond acceptors (Lipinski definition) is 3. The Kier molecular flexibility index (Phi) is 5.08. The lowest BCUT2D eigenvalue weighted by atomic mass is 10.0. The van der Waals surface area contributed by atoms with E-state index in [1.165, 1.54) is 0 Å². The topological polar surface area (TPSA) is 58.4 Å². The largest absolute Gasteiger partial charge is 0.343 e. The number of aromatic nitrogens is 2. The number of benzene rings is 2. The van der Waals surface area contributed by atoms with Crippen LogP contribution in [-0.2, 0) is 13.0 Å². The van der Waals surface area contributed by atoms with Crippen LogP contribution in [0.1, 0.15) is 44.9 Å². The van der Waals surface area contributed by atoms with E-state index >= 15 is 0 Å². The molecule has 2 aliphatic heterocycles. The summed E-state index contributed by atoms with van der Waals surface area (Å²) in [6.45, 7) is 2.66. The van der Waals surface area contributed by atoms with Crippen molar-refractivity contribution in [2.75, 3.05) is 14.1 Å². The molecule has 0 saturated carbocycles. The predicted octanol–water partition coefficient (Wildman–Crippen LogP) is 3.79. The second kappa shape index (κ2) is 7.93. The van der Waals surface area contributed by atoms with E-state index in [-0.39, 0.29) is 23.9 Å². The zero-order valence-electron chi connectivity index (χ0n) is 18.8. The number of nitrogens with zero attached hydrogens (tertiary/aromatic N) is 4. The SMILES string of the molecule is Cc1cccc(C(=O)N2C3CCC2Cn2c(-c4ccccc4)nc(C(=O)N(C)C)c2C3)c1. The maximum absolute atomic E-state index is 13.5. The van der Waals surface area contributed by atoms with Gasteiger partial charge in [0.05, 0.1) is 11.7 Å². The Hall–Kier alpha value is -3.41. The summed E-state index contributed by atoms with van der Waals surface area (Å²) >= 11 is 0. The molecule has 2 aromatic carbocycles. The van der Waals surface area contributed by atoms with Crippen molar-refractivity contribution < 1.29 is 9.59 Å². The van der Waals surface area contributed by atoms with Gasteiger partial charge in [-0.15, -0.1) is 0 Å². The quantitative estimate of drug-likeness (QED) is 0.638. The van der Waals surface area contributed by atoms with E-state index in [4.69, 9.17) is 4.98 Å². The minimum absolute atomic E-state index is 0.0725. The van der Waals surface area contributed by atoms with E-state index < -0.39 is 0 Å². The lowest BCUT2D eigenvalue weighted by molar-refractivity contribution is 0.0666. The number of fused-ring (bicyclic) bond motifs is 3. The van der Waals surface area contributed by atoms with Crippen LogP contribution < -0.4 is 0 Å². The van der Waals surface area contributed by atoms with Gasteiger partial charge in [0, 0.05) is 44.2 Å². The second-order valence-electron chi connectivity index (χ2n) is 9.08. The molecule has 1 fully saturated rings. The molecule has 1 aromatic heterocycles. The summed E-state index contributed by atoms with van der Waals surface area (Å²) < 4.78 is 2.19. The summed E-state index contributed by atoms with van der Waals surface area (Å²) in [5.41, 5.74) is 4.25. The Morgan fingerprint density at radius 3 is 2.47 bits per heavy atom. The van der Waals surface area contributed by atoms with Crippen LogP contribution in [0.3, 0.4) is 0 Å². The average molecular weight is 429 g/mol. The number of rotatable bonds is 3. The van der Waals surface area contributed by atoms with E-state index in [0.29, 0.717) is 18.7 Å². The minimum Gasteiger partial charge on any atom is -0.343 e. The van der Waals surface area contributed by atoms with Crippen molar-refractivity contribution in [3.8, 4) is 11.4 Å². The van der Waals surface area contributed by atoms with Gasteiger partial charge in [-0.3, -0.25) is 9.59 Å². The summed E-state index contributed by atoms with van der Waals surface area (Å²) in [5, 5.41) is 0. The maximum atomic E-state index is 13.5. The molecule has 2 atom stereocenters. The predicted molar refractivity (Wildman–Crippen MR) is 124 cm³/mol. The molecular weight excluding hydrogens is 400 g/mol. The Balaban J connectivity index is 1.58. The van der Waals surface area contributed by atoms with Gasteiger partial charge >= 0.3 is 0 Å². The van der Waals surface area contributed by atoms with Gasteiger partial charge in [-0.2, -0.15) is 0 Å². The molecule has 2 aliphatic rings. The fraction of sp³-hybridized carbons (Fsp3) is 0.346. The second-order valence-corrected chi connectivity index (χ2v) is 9.08. The van der Waals surface area contributed by atoms with Gasteiger partial charge in [0.25, 0.3) is 11.8 Å². The number of hydrogen-bond donors (Lipinski definition) is 0. The third-order valence-electron chi connectivity index (χ3n) is 6.66. The molecule has 2 bridgehead atoms. The van der Waals surface area contributed by atoms with Gasteiger partial charge in [0.15, 0.2) is 0 Å². The smallest absolute Gasteiger partial charge is 0.273 e. The summed E-state index contributed by atoms with van der Waals surface area (Å²) in [6.07, 6.45) is 2.55. The van der Waals surface area contributed by atoms with E-state index in [2.05, 4.69) is 9.47 Å². The van der Waals surface area contributed by atoms with Crippen molar-refractivity contribution in [1.29, 1.82) is 0 Å². The third kappa shape index (κ3) is 3.40. The molecule has 6 nitrogen and oxygen atoms in total. The highest BCUT2D eigenvalue weighted by atomic mass is 16.2. The molecule has 6 heteroatoms. The average Bonchev–Trinajstić information content (AvgIpc) is 3.29. The number of amides is 2. The summed E-state index contributed by atoms with van der Waals surface area (Å²) in [4.78, 5) is 35.0. The van der Waals surface area contributed by atoms with Gasteiger partial charge in [0.1, 0.15) is 11.5 Å². The first kappa shape index (κ1) is 20.5. The van der Waals surface area contributed by atoms with Crippen LogP contribution in [0, 0.1) is 6.92 Å². The Morgan fingerprint density at radius 2 is 1.75 bits per heavy atom. The normalized spacial score (nSPS) is 19.4. The molecule has 2 amide bonds. The van der Waals surface area contributed by atoms with Crippen molar-refractivity contribution in [1.82, 2.24) is 19.4 Å². The van der Waals surface area contributed by atoms with E-state index in [1.807, 2.05) is 61.5 Å². The van der Waals surface area contributed by atoms with Crippen LogP contribution in [0.25, 0.3) is 11.4 Å². The fourth-order valence-corrected chi connectivity index (χ4v) is 5.11. The molecule has 0 radical (unpaired) electrons. The zero-order valence-corrected chi connectivity index (χ0v) is 18.8. The van der Waals surface area contributed by atoms with E-state index in [9.17, 15) is 9.59 Å². The standard InChI is InChI=1S/C26H28N4O2/c1-17-8-7-11-19(14-17)25(31)30-20-12-13-21(30)16-29-22(15-20)23(26(32)28(2)3)27-24(29)18-9-5-4-6-10-18/h4-11,14,20-21H,12-13,15-16H2,1-3H3. The van der Waals surface area contributed by atoms with Crippen molar-refractivity contribution in [3.05, 3.63) is 77.1 Å². The van der Waals surface area contributed by atoms with Crippen LogP contribution in [0.5, 0.6) is 0 Å². The Morgan fingerprint density at radius 1 is 1.00 bits per heavy atom. The van der Waals surface area contributed by atoms with Crippen molar-refractivity contribution in [3.63, 3.8) is 0 Å². The maximum Gasteiger partial charge on any atom is 0.273 e. The fourth-order valence-electron chi connectivity index (χ4n) is 5.11. The monoisotopic (exact) mass is 428 g/mol. The summed E-state index contributed by atoms with van der Waals surface area (Å²) in [5.74, 6) is 0.799. The minimum atomic E-state index is -0.0923. The van der Waals surface area contributed by atoms with E-state index in [0.717, 1.165) is 41.1 Å². The van der Waals surface area contributed by atoms with Crippen molar-refractivity contribution in [2.45, 2.75) is 44.8 Å². The first-order chi connectivity index (χ1) is 15.4. The zero-order chi connectivity index (χ0) is 22.4. The molecule has 0 N–H and O–H groups in total. The van der Waals surface area contributed by atoms with Gasteiger partial charge < -0.3 is 14.4 Å². The lowest BCUT2D eigenvalue weighted by Gasteiger charge is -2.28. The molecule has 2 unspecified atom stereocenters. The summed E-state index contributed by atoms with van der Waals surface area (Å²) in [6, 6.07) is 18.0. The highest BCUT2D eigenvalue weighted by molar-refractivity contribution is 5.96. The molecule has 32 heavy (non-hydrogen) atoms. The lowest BCUT2D eigenvalue weighted by Crippen LogP contribution is -2.42. The molecule has 1 saturated heterocycles. The van der Waals surface area contributed by atoms with E-state index in [1.54, 1.807) is 19.0 Å². The molecule has 3 aromatic rings. The highest BCUT2D eigenvalue weighted by Gasteiger charge is 2.42. The van der Waals surface area contributed by atoms with Crippen LogP contribution in [0.2, 0.25) is 0 Å². The van der Waals surface area contributed by atoms with Crippen LogP contribution in [0.4, 0.5) is 0 Å². The third-order valence-corrected chi connectivity index (χ3v) is 6.66. The number of carbonyl (C=O) groups is 2. The molecular formula is C26H28N4O2. The van der Waals surface area contributed by atoms with Crippen LogP contribution in [0.15, 0.2) is 54.6 Å². The molecule has 164 valence electrons. The number of aryl methyl sites for hydroxylation is 1. The van der Waals surface area contributed by atoms with Gasteiger partial charge in [-0.05, 0) is 31.9 Å². The van der Waals surface area contributed by atoms with Crippen molar-refractivity contribution in [2.24, 2.45) is 0 Å². The summed E-state index contributed by atoms with van der Waals surface area (Å²) in [7, 11) is 3.51.